The number of methoxy groups -OCH3 is 1. The third-order valence-electron chi connectivity index (χ3n) is 2.89. The topological polar surface area (TPSA) is 33.0 Å². The highest BCUT2D eigenvalue weighted by Crippen LogP contribution is 2.49. The number of hydrogen-bond acceptors (Lipinski definition) is 2. The fraction of sp³-hybridized carbons (Fsp3) is 0.417. The molecule has 0 N–H and O–H groups in total. The van der Waals surface area contributed by atoms with Gasteiger partial charge in [-0.2, -0.15) is 5.26 Å². The molecule has 0 unspecified atom stereocenters. The van der Waals surface area contributed by atoms with Crippen molar-refractivity contribution in [1.82, 2.24) is 0 Å². The van der Waals surface area contributed by atoms with Crippen LogP contribution in [0.3, 0.4) is 0 Å². The Morgan fingerprint density at radius 1 is 1.43 bits per heavy atom. The quantitative estimate of drug-likeness (QED) is 0.727. The molecule has 2 nitrogen and oxygen atoms in total. The first-order chi connectivity index (χ1) is 6.82. The molecule has 0 atom stereocenters. The molecule has 1 aromatic rings. The Kier molecular flexibility index (Phi) is 2.26. The van der Waals surface area contributed by atoms with Crippen LogP contribution in [0.1, 0.15) is 24.0 Å². The van der Waals surface area contributed by atoms with Crippen LogP contribution in [0, 0.1) is 11.3 Å². The number of rotatable bonds is 3. The molecule has 0 spiro atoms. The van der Waals surface area contributed by atoms with Gasteiger partial charge in [-0.25, -0.2) is 0 Å². The van der Waals surface area contributed by atoms with E-state index in [0.29, 0.717) is 0 Å². The van der Waals surface area contributed by atoms with Crippen LogP contribution in [0.25, 0.3) is 0 Å². The molecule has 0 heterocycles. The zero-order chi connectivity index (χ0) is 10.0. The average Bonchev–Trinajstić information content (AvgIpc) is 2.99. The van der Waals surface area contributed by atoms with Crippen LogP contribution in [-0.2, 0) is 10.2 Å². The Morgan fingerprint density at radius 3 is 2.71 bits per heavy atom. The van der Waals surface area contributed by atoms with Gasteiger partial charge in [0.25, 0.3) is 0 Å². The maximum absolute atomic E-state index is 8.99. The van der Waals surface area contributed by atoms with Crippen LogP contribution in [0.5, 0.6) is 0 Å². The lowest BCUT2D eigenvalue weighted by Gasteiger charge is -2.15. The van der Waals surface area contributed by atoms with Crippen molar-refractivity contribution in [3.8, 4) is 6.07 Å². The molecule has 1 aromatic carbocycles. The molecule has 0 amide bonds. The predicted molar refractivity (Wildman–Crippen MR) is 53.9 cm³/mol. The van der Waals surface area contributed by atoms with Gasteiger partial charge in [-0.15, -0.1) is 0 Å². The molecule has 1 aliphatic rings. The molecule has 2 rings (SSSR count). The third kappa shape index (κ3) is 1.40. The molecule has 0 radical (unpaired) electrons. The van der Waals surface area contributed by atoms with E-state index in [-0.39, 0.29) is 5.41 Å². The molecular weight excluding hydrogens is 174 g/mol. The number of ether oxygens (including phenoxy) is 1. The fourth-order valence-electron chi connectivity index (χ4n) is 1.96. The summed E-state index contributed by atoms with van der Waals surface area (Å²) < 4.78 is 5.21. The lowest BCUT2D eigenvalue weighted by molar-refractivity contribution is 0.171. The van der Waals surface area contributed by atoms with Gasteiger partial charge >= 0.3 is 0 Å². The van der Waals surface area contributed by atoms with Crippen LogP contribution in [0.4, 0.5) is 0 Å². The van der Waals surface area contributed by atoms with Crippen molar-refractivity contribution in [2.45, 2.75) is 18.3 Å². The summed E-state index contributed by atoms with van der Waals surface area (Å²) in [5.74, 6) is 0. The van der Waals surface area contributed by atoms with E-state index in [4.69, 9.17) is 10.00 Å². The highest BCUT2D eigenvalue weighted by molar-refractivity contribution is 5.45. The summed E-state index contributed by atoms with van der Waals surface area (Å²) in [6.07, 6.45) is 2.28. The van der Waals surface area contributed by atoms with Crippen LogP contribution in [0.2, 0.25) is 0 Å². The van der Waals surface area contributed by atoms with Crippen LogP contribution in [-0.4, -0.2) is 13.7 Å². The second-order valence-electron chi connectivity index (χ2n) is 3.87. The van der Waals surface area contributed by atoms with Crippen molar-refractivity contribution in [2.75, 3.05) is 13.7 Å². The summed E-state index contributed by atoms with van der Waals surface area (Å²) in [5, 5.41) is 8.99. The van der Waals surface area contributed by atoms with E-state index in [2.05, 4.69) is 6.07 Å². The van der Waals surface area contributed by atoms with Crippen LogP contribution in [0.15, 0.2) is 24.3 Å². The summed E-state index contributed by atoms with van der Waals surface area (Å²) in [6.45, 7) is 0.728. The van der Waals surface area contributed by atoms with Crippen molar-refractivity contribution >= 4 is 0 Å². The standard InChI is InChI=1S/C12H13NO/c1-14-9-12(6-7-12)11-5-3-2-4-10(11)8-13/h2-5H,6-7,9H2,1H3. The van der Waals surface area contributed by atoms with E-state index >= 15 is 0 Å². The molecule has 1 fully saturated rings. The van der Waals surface area contributed by atoms with Gasteiger partial charge < -0.3 is 4.74 Å². The first-order valence-corrected chi connectivity index (χ1v) is 4.81. The van der Waals surface area contributed by atoms with E-state index in [1.165, 1.54) is 0 Å². The Morgan fingerprint density at radius 2 is 2.14 bits per heavy atom. The molecule has 0 bridgehead atoms. The van der Waals surface area contributed by atoms with Crippen molar-refractivity contribution in [1.29, 1.82) is 5.26 Å². The molecule has 0 aromatic heterocycles. The number of nitriles is 1. The highest BCUT2D eigenvalue weighted by atomic mass is 16.5. The van der Waals surface area contributed by atoms with Gasteiger partial charge in [0, 0.05) is 12.5 Å². The lowest BCUT2D eigenvalue weighted by atomic mass is 9.92. The minimum atomic E-state index is 0.140. The van der Waals surface area contributed by atoms with Crippen molar-refractivity contribution in [3.05, 3.63) is 35.4 Å². The molecule has 1 saturated carbocycles. The third-order valence-corrected chi connectivity index (χ3v) is 2.89. The van der Waals surface area contributed by atoms with Gasteiger partial charge in [0.15, 0.2) is 0 Å². The lowest BCUT2D eigenvalue weighted by Crippen LogP contribution is -2.15. The van der Waals surface area contributed by atoms with E-state index < -0.39 is 0 Å². The van der Waals surface area contributed by atoms with Crippen molar-refractivity contribution in [3.63, 3.8) is 0 Å². The molecule has 14 heavy (non-hydrogen) atoms. The second-order valence-corrected chi connectivity index (χ2v) is 3.87. The van der Waals surface area contributed by atoms with Crippen LogP contribution >= 0.6 is 0 Å². The number of nitrogens with zero attached hydrogens (tertiary/aromatic N) is 1. The monoisotopic (exact) mass is 187 g/mol. The molecule has 0 aliphatic heterocycles. The SMILES string of the molecule is COCC1(c2ccccc2C#N)CC1. The molecule has 2 heteroatoms. The summed E-state index contributed by atoms with van der Waals surface area (Å²) in [7, 11) is 1.72. The summed E-state index contributed by atoms with van der Waals surface area (Å²) >= 11 is 0. The van der Waals surface area contributed by atoms with Gasteiger partial charge in [0.05, 0.1) is 18.2 Å². The Labute approximate surface area is 84.1 Å². The highest BCUT2D eigenvalue weighted by Gasteiger charge is 2.45. The minimum absolute atomic E-state index is 0.140. The Balaban J connectivity index is 2.37. The largest absolute Gasteiger partial charge is 0.384 e. The molecule has 72 valence electrons. The first kappa shape index (κ1) is 9.23. The zero-order valence-electron chi connectivity index (χ0n) is 8.29. The number of benzene rings is 1. The van der Waals surface area contributed by atoms with Gasteiger partial charge in [0.2, 0.25) is 0 Å². The predicted octanol–water partition coefficient (Wildman–Crippen LogP) is 2.24. The van der Waals surface area contributed by atoms with E-state index in [1.54, 1.807) is 7.11 Å². The zero-order valence-corrected chi connectivity index (χ0v) is 8.29. The second kappa shape index (κ2) is 3.43. The molecule has 1 aliphatic carbocycles. The van der Waals surface area contributed by atoms with Gasteiger partial charge in [-0.1, -0.05) is 18.2 Å². The van der Waals surface area contributed by atoms with Gasteiger partial charge in [0.1, 0.15) is 0 Å². The van der Waals surface area contributed by atoms with Gasteiger partial charge in [-0.3, -0.25) is 0 Å². The maximum Gasteiger partial charge on any atom is 0.0994 e. The molecule has 0 saturated heterocycles. The van der Waals surface area contributed by atoms with E-state index in [0.717, 1.165) is 30.6 Å². The maximum atomic E-state index is 8.99. The smallest absolute Gasteiger partial charge is 0.0994 e. The summed E-state index contributed by atoms with van der Waals surface area (Å²) in [5.41, 5.74) is 2.09. The average molecular weight is 187 g/mol. The Bertz CT molecular complexity index is 374. The minimum Gasteiger partial charge on any atom is -0.384 e. The van der Waals surface area contributed by atoms with E-state index in [1.807, 2.05) is 24.3 Å². The number of hydrogen-bond donors (Lipinski definition) is 0. The van der Waals surface area contributed by atoms with Crippen molar-refractivity contribution < 1.29 is 4.74 Å². The van der Waals surface area contributed by atoms with Crippen molar-refractivity contribution in [2.24, 2.45) is 0 Å². The summed E-state index contributed by atoms with van der Waals surface area (Å²) in [4.78, 5) is 0. The van der Waals surface area contributed by atoms with E-state index in [9.17, 15) is 0 Å². The van der Waals surface area contributed by atoms with Crippen LogP contribution < -0.4 is 0 Å². The fourth-order valence-corrected chi connectivity index (χ4v) is 1.96. The van der Waals surface area contributed by atoms with Gasteiger partial charge in [-0.05, 0) is 24.5 Å². The first-order valence-electron chi connectivity index (χ1n) is 4.81. The normalized spacial score (nSPS) is 17.4. The molecular formula is C12H13NO. The Hall–Kier alpha value is -1.33. The summed E-state index contributed by atoms with van der Waals surface area (Å²) in [6, 6.07) is 10.1.